The Labute approximate surface area is 120 Å². The Morgan fingerprint density at radius 2 is 2.05 bits per heavy atom. The van der Waals surface area contributed by atoms with Gasteiger partial charge in [0.2, 0.25) is 0 Å². The van der Waals surface area contributed by atoms with Crippen LogP contribution < -0.4 is 5.32 Å². The fraction of sp³-hybridized carbons (Fsp3) is 0.625. The number of carbonyl (C=O) groups is 1. The molecule has 1 aliphatic rings. The number of hydrogen-bond acceptors (Lipinski definition) is 3. The molecule has 0 saturated heterocycles. The maximum Gasteiger partial charge on any atom is 0.335 e. The number of carboxylic acids is 1. The highest BCUT2D eigenvalue weighted by Gasteiger charge is 2.21. The molecular formula is C16H24N2O2. The quantitative estimate of drug-likeness (QED) is 0.857. The standard InChI is InChI=1S/C16H24N2O2/c1-3-4-12-5-7-14(8-6-12)18-15-10-13(16(19)20)9-11(2)17-15/h9-10,12,14H,3-8H2,1-2H3,(H,17,18)(H,19,20). The van der Waals surface area contributed by atoms with Crippen molar-refractivity contribution in [3.05, 3.63) is 23.4 Å². The van der Waals surface area contributed by atoms with Crippen molar-refractivity contribution >= 4 is 11.8 Å². The molecule has 0 radical (unpaired) electrons. The second-order valence-corrected chi connectivity index (χ2v) is 5.84. The van der Waals surface area contributed by atoms with Crippen LogP contribution >= 0.6 is 0 Å². The van der Waals surface area contributed by atoms with E-state index in [4.69, 9.17) is 5.11 Å². The second kappa shape index (κ2) is 6.73. The third-order valence-corrected chi connectivity index (χ3v) is 4.10. The fourth-order valence-corrected chi connectivity index (χ4v) is 3.08. The van der Waals surface area contributed by atoms with Crippen LogP contribution in [0.2, 0.25) is 0 Å². The van der Waals surface area contributed by atoms with E-state index in [9.17, 15) is 4.79 Å². The average molecular weight is 276 g/mol. The predicted octanol–water partition coefficient (Wildman–Crippen LogP) is 3.86. The zero-order chi connectivity index (χ0) is 14.5. The molecule has 1 aromatic heterocycles. The van der Waals surface area contributed by atoms with Gasteiger partial charge in [-0.1, -0.05) is 19.8 Å². The lowest BCUT2D eigenvalue weighted by Crippen LogP contribution is -2.26. The van der Waals surface area contributed by atoms with Gasteiger partial charge in [-0.15, -0.1) is 0 Å². The minimum Gasteiger partial charge on any atom is -0.478 e. The molecule has 2 N–H and O–H groups in total. The molecule has 2 rings (SSSR count). The summed E-state index contributed by atoms with van der Waals surface area (Å²) >= 11 is 0. The Bertz CT molecular complexity index is 466. The molecule has 4 nitrogen and oxygen atoms in total. The van der Waals surface area contributed by atoms with Crippen molar-refractivity contribution in [2.75, 3.05) is 5.32 Å². The Morgan fingerprint density at radius 1 is 1.35 bits per heavy atom. The minimum atomic E-state index is -0.898. The van der Waals surface area contributed by atoms with Gasteiger partial charge in [0.05, 0.1) is 5.56 Å². The van der Waals surface area contributed by atoms with Crippen molar-refractivity contribution in [2.45, 2.75) is 58.4 Å². The Morgan fingerprint density at radius 3 is 2.65 bits per heavy atom. The van der Waals surface area contributed by atoms with Crippen LogP contribution in [0.1, 0.15) is 61.5 Å². The fourth-order valence-electron chi connectivity index (χ4n) is 3.08. The molecule has 4 heteroatoms. The highest BCUT2D eigenvalue weighted by molar-refractivity contribution is 5.88. The van der Waals surface area contributed by atoms with E-state index in [0.29, 0.717) is 17.4 Å². The zero-order valence-corrected chi connectivity index (χ0v) is 12.4. The van der Waals surface area contributed by atoms with Gasteiger partial charge in [-0.05, 0) is 50.7 Å². The number of nitrogens with one attached hydrogen (secondary N) is 1. The molecule has 0 unspecified atom stereocenters. The van der Waals surface area contributed by atoms with Crippen molar-refractivity contribution in [2.24, 2.45) is 5.92 Å². The maximum absolute atomic E-state index is 11.1. The molecule has 0 atom stereocenters. The SMILES string of the molecule is CCCC1CCC(Nc2cc(C(=O)O)cc(C)n2)CC1. The van der Waals surface area contributed by atoms with Crippen molar-refractivity contribution in [1.82, 2.24) is 4.98 Å². The van der Waals surface area contributed by atoms with Crippen LogP contribution in [0, 0.1) is 12.8 Å². The highest BCUT2D eigenvalue weighted by atomic mass is 16.4. The normalized spacial score (nSPS) is 22.5. The molecule has 1 aliphatic carbocycles. The van der Waals surface area contributed by atoms with Crippen LogP contribution in [0.3, 0.4) is 0 Å². The van der Waals surface area contributed by atoms with E-state index in [1.54, 1.807) is 12.1 Å². The molecular weight excluding hydrogens is 252 g/mol. The monoisotopic (exact) mass is 276 g/mol. The van der Waals surface area contributed by atoms with E-state index >= 15 is 0 Å². The Balaban J connectivity index is 1.96. The van der Waals surface area contributed by atoms with Gasteiger partial charge in [-0.2, -0.15) is 0 Å². The largest absolute Gasteiger partial charge is 0.478 e. The third kappa shape index (κ3) is 3.95. The smallest absolute Gasteiger partial charge is 0.335 e. The Kier molecular flexibility index (Phi) is 4.99. The summed E-state index contributed by atoms with van der Waals surface area (Å²) in [5, 5.41) is 12.5. The number of nitrogens with zero attached hydrogens (tertiary/aromatic N) is 1. The molecule has 1 heterocycles. The third-order valence-electron chi connectivity index (χ3n) is 4.10. The number of aromatic carboxylic acids is 1. The average Bonchev–Trinajstić information content (AvgIpc) is 2.40. The number of pyridine rings is 1. The number of anilines is 1. The number of rotatable bonds is 5. The molecule has 0 spiro atoms. The number of carboxylic acid groups (broad SMARTS) is 1. The van der Waals surface area contributed by atoms with Crippen molar-refractivity contribution in [3.63, 3.8) is 0 Å². The minimum absolute atomic E-state index is 0.305. The summed E-state index contributed by atoms with van der Waals surface area (Å²) in [6.45, 7) is 4.07. The van der Waals surface area contributed by atoms with Gasteiger partial charge in [-0.25, -0.2) is 9.78 Å². The van der Waals surface area contributed by atoms with E-state index in [0.717, 1.165) is 24.5 Å². The van der Waals surface area contributed by atoms with Crippen molar-refractivity contribution in [3.8, 4) is 0 Å². The number of aryl methyl sites for hydroxylation is 1. The molecule has 110 valence electrons. The van der Waals surface area contributed by atoms with Crippen LogP contribution in [0.25, 0.3) is 0 Å². The van der Waals surface area contributed by atoms with E-state index < -0.39 is 5.97 Å². The lowest BCUT2D eigenvalue weighted by molar-refractivity contribution is 0.0696. The predicted molar refractivity (Wildman–Crippen MR) is 80.2 cm³/mol. The van der Waals surface area contributed by atoms with Crippen molar-refractivity contribution < 1.29 is 9.90 Å². The number of hydrogen-bond donors (Lipinski definition) is 2. The van der Waals surface area contributed by atoms with Gasteiger partial charge < -0.3 is 10.4 Å². The summed E-state index contributed by atoms with van der Waals surface area (Å²) in [6.07, 6.45) is 7.44. The molecule has 0 amide bonds. The summed E-state index contributed by atoms with van der Waals surface area (Å²) in [5.41, 5.74) is 1.05. The lowest BCUT2D eigenvalue weighted by Gasteiger charge is -2.29. The highest BCUT2D eigenvalue weighted by Crippen LogP contribution is 2.29. The van der Waals surface area contributed by atoms with E-state index in [2.05, 4.69) is 17.2 Å². The summed E-state index contributed by atoms with van der Waals surface area (Å²) in [4.78, 5) is 15.4. The summed E-state index contributed by atoms with van der Waals surface area (Å²) in [5.74, 6) is 0.671. The first-order valence-electron chi connectivity index (χ1n) is 7.57. The topological polar surface area (TPSA) is 62.2 Å². The van der Waals surface area contributed by atoms with E-state index in [-0.39, 0.29) is 0 Å². The summed E-state index contributed by atoms with van der Waals surface area (Å²) in [6, 6.07) is 3.66. The first-order valence-corrected chi connectivity index (χ1v) is 7.57. The van der Waals surface area contributed by atoms with Crippen LogP contribution in [0.5, 0.6) is 0 Å². The van der Waals surface area contributed by atoms with Crippen LogP contribution in [0.4, 0.5) is 5.82 Å². The lowest BCUT2D eigenvalue weighted by atomic mass is 9.83. The number of aromatic nitrogens is 1. The summed E-state index contributed by atoms with van der Waals surface area (Å²) in [7, 11) is 0. The molecule has 0 bridgehead atoms. The van der Waals surface area contributed by atoms with Gasteiger partial charge in [-0.3, -0.25) is 0 Å². The molecule has 1 aromatic rings. The first-order chi connectivity index (χ1) is 9.58. The van der Waals surface area contributed by atoms with Crippen LogP contribution in [-0.4, -0.2) is 22.1 Å². The molecule has 1 fully saturated rings. The molecule has 0 aromatic carbocycles. The van der Waals surface area contributed by atoms with E-state index in [1.807, 2.05) is 6.92 Å². The second-order valence-electron chi connectivity index (χ2n) is 5.84. The molecule has 0 aliphatic heterocycles. The molecule has 20 heavy (non-hydrogen) atoms. The maximum atomic E-state index is 11.1. The van der Waals surface area contributed by atoms with Gasteiger partial charge in [0.15, 0.2) is 0 Å². The Hall–Kier alpha value is -1.58. The van der Waals surface area contributed by atoms with E-state index in [1.165, 1.54) is 25.7 Å². The van der Waals surface area contributed by atoms with Gasteiger partial charge in [0.1, 0.15) is 5.82 Å². The van der Waals surface area contributed by atoms with Gasteiger partial charge >= 0.3 is 5.97 Å². The van der Waals surface area contributed by atoms with Crippen LogP contribution in [-0.2, 0) is 0 Å². The van der Waals surface area contributed by atoms with Crippen LogP contribution in [0.15, 0.2) is 12.1 Å². The molecule has 1 saturated carbocycles. The van der Waals surface area contributed by atoms with Crippen molar-refractivity contribution in [1.29, 1.82) is 0 Å². The zero-order valence-electron chi connectivity index (χ0n) is 12.4. The summed E-state index contributed by atoms with van der Waals surface area (Å²) < 4.78 is 0. The van der Waals surface area contributed by atoms with Gasteiger partial charge in [0.25, 0.3) is 0 Å². The van der Waals surface area contributed by atoms with Gasteiger partial charge in [0, 0.05) is 11.7 Å². The first kappa shape index (κ1) is 14.8.